The number of nitrogens with two attached hydrogens (primary N) is 1. The second-order valence-corrected chi connectivity index (χ2v) is 8.71. The van der Waals surface area contributed by atoms with Crippen LogP contribution in [-0.2, 0) is 13.8 Å². The minimum Gasteiger partial charge on any atom is -0.369 e. The highest BCUT2D eigenvalue weighted by atomic mass is 31.2. The Bertz CT molecular complexity index is 915. The highest BCUT2D eigenvalue weighted by Gasteiger charge is 2.47. The summed E-state index contributed by atoms with van der Waals surface area (Å²) in [4.78, 5) is 31.4. The molecule has 0 saturated carbocycles. The minimum atomic E-state index is -3.75. The first-order valence-corrected chi connectivity index (χ1v) is 13.0. The molecule has 0 spiro atoms. The van der Waals surface area contributed by atoms with Gasteiger partial charge in [-0.3, -0.25) is 18.9 Å². The van der Waals surface area contributed by atoms with Gasteiger partial charge in [0, 0.05) is 12.6 Å². The van der Waals surface area contributed by atoms with Crippen LogP contribution in [0.25, 0.3) is 11.2 Å². The normalized spacial score (nSPS) is 24.7. The molecule has 3 heterocycles. The first kappa shape index (κ1) is 30.2. The zero-order chi connectivity index (χ0) is 25.2. The van der Waals surface area contributed by atoms with E-state index in [4.69, 9.17) is 15.0 Å². The first-order chi connectivity index (χ1) is 15.0. The van der Waals surface area contributed by atoms with Gasteiger partial charge >= 0.3 is 7.60 Å². The molecule has 1 fully saturated rings. The van der Waals surface area contributed by atoms with Crippen LogP contribution >= 0.6 is 7.60 Å². The molecule has 2 aromatic heterocycles. The van der Waals surface area contributed by atoms with E-state index in [0.29, 0.717) is 0 Å². The fourth-order valence-electron chi connectivity index (χ4n) is 3.06. The van der Waals surface area contributed by atoms with Crippen LogP contribution in [0.5, 0.6) is 0 Å². The molecular formula is C20H39FN5O5P. The lowest BCUT2D eigenvalue weighted by Crippen LogP contribution is -2.30. The maximum atomic E-state index is 14.8. The van der Waals surface area contributed by atoms with E-state index in [-0.39, 0.29) is 17.1 Å². The van der Waals surface area contributed by atoms with Crippen molar-refractivity contribution in [1.82, 2.24) is 19.5 Å². The lowest BCUT2D eigenvalue weighted by atomic mass is 9.98. The van der Waals surface area contributed by atoms with Crippen molar-refractivity contribution in [2.24, 2.45) is 5.92 Å². The Morgan fingerprint density at radius 3 is 2.41 bits per heavy atom. The Morgan fingerprint density at radius 1 is 1.38 bits per heavy atom. The summed E-state index contributed by atoms with van der Waals surface area (Å²) in [6, 6.07) is 0. The van der Waals surface area contributed by atoms with Crippen LogP contribution in [-0.4, -0.2) is 49.5 Å². The zero-order valence-corrected chi connectivity index (χ0v) is 21.4. The molecule has 12 heteroatoms. The molecule has 186 valence electrons. The van der Waals surface area contributed by atoms with Gasteiger partial charge in [-0.25, -0.2) is 9.37 Å². The molecule has 0 aromatic carbocycles. The monoisotopic (exact) mass is 479 g/mol. The number of fused-ring (bicyclic) bond motifs is 1. The topological polar surface area (TPSA) is 145 Å². The molecule has 6 atom stereocenters. The largest absolute Gasteiger partial charge is 0.369 e. The van der Waals surface area contributed by atoms with Crippen molar-refractivity contribution in [1.29, 1.82) is 0 Å². The molecule has 3 rings (SSSR count). The summed E-state index contributed by atoms with van der Waals surface area (Å²) in [6.07, 6.45) is -1.65. The summed E-state index contributed by atoms with van der Waals surface area (Å²) in [6.45, 7) is 16.5. The maximum absolute atomic E-state index is 14.8. The van der Waals surface area contributed by atoms with Crippen LogP contribution in [0, 0.1) is 5.92 Å². The molecule has 1 aliphatic rings. The molecule has 10 nitrogen and oxygen atoms in total. The maximum Gasteiger partial charge on any atom is 0.325 e. The molecule has 0 aliphatic carbocycles. The van der Waals surface area contributed by atoms with Gasteiger partial charge in [0.15, 0.2) is 23.6 Å². The standard InChI is InChI=1S/C13H19FN5O5P.C3H8.2C2H6/c1-5-7(14)12(23-9(5)6(2)24-25(3,21)22)19-4-16-8-10(19)17-13(15)18-11(8)20;1-3-2;2*1-2/h4-7,9,12H,1-3H3,(H,21,22)(H3,15,17,18,20);3H2,1-2H3;2*1-2H3. The van der Waals surface area contributed by atoms with Gasteiger partial charge in [-0.05, 0) is 6.92 Å². The van der Waals surface area contributed by atoms with Gasteiger partial charge in [0.05, 0.1) is 18.5 Å². The van der Waals surface area contributed by atoms with Crippen molar-refractivity contribution in [2.45, 2.75) is 86.4 Å². The fraction of sp³-hybridized carbons (Fsp3) is 0.750. The van der Waals surface area contributed by atoms with Crippen LogP contribution in [0.2, 0.25) is 0 Å². The number of nitrogens with zero attached hydrogens (tertiary/aromatic N) is 3. The van der Waals surface area contributed by atoms with Gasteiger partial charge in [0.25, 0.3) is 5.56 Å². The number of hydrogen-bond donors (Lipinski definition) is 3. The van der Waals surface area contributed by atoms with Crippen molar-refractivity contribution in [3.8, 4) is 0 Å². The van der Waals surface area contributed by atoms with Gasteiger partial charge < -0.3 is 19.9 Å². The zero-order valence-electron chi connectivity index (χ0n) is 20.5. The van der Waals surface area contributed by atoms with E-state index in [9.17, 15) is 18.6 Å². The first-order valence-electron chi connectivity index (χ1n) is 11.0. The second kappa shape index (κ2) is 13.7. The average Bonchev–Trinajstić information content (AvgIpc) is 3.26. The van der Waals surface area contributed by atoms with Gasteiger partial charge in [-0.15, -0.1) is 0 Å². The number of alkyl halides is 1. The van der Waals surface area contributed by atoms with Gasteiger partial charge in [-0.1, -0.05) is 54.9 Å². The summed E-state index contributed by atoms with van der Waals surface area (Å²) in [5.74, 6) is -0.746. The Kier molecular flexibility index (Phi) is 12.9. The molecule has 4 N–H and O–H groups in total. The van der Waals surface area contributed by atoms with Crippen molar-refractivity contribution in [3.63, 3.8) is 0 Å². The highest BCUT2D eigenvalue weighted by Crippen LogP contribution is 2.44. The van der Waals surface area contributed by atoms with Crippen LogP contribution < -0.4 is 11.3 Å². The van der Waals surface area contributed by atoms with Crippen LogP contribution in [0.3, 0.4) is 0 Å². The number of H-pyrrole nitrogens is 1. The SMILES string of the molecule is CC.CC.CC(OP(C)(=O)O)C1OC(n2cnc3c(=O)[nH]c(N)nc32)C(F)C1C.CCC. The van der Waals surface area contributed by atoms with E-state index in [1.807, 2.05) is 27.7 Å². The number of halogens is 1. The molecule has 6 unspecified atom stereocenters. The molecule has 0 amide bonds. The summed E-state index contributed by atoms with van der Waals surface area (Å²) < 4.78 is 38.3. The van der Waals surface area contributed by atoms with Crippen molar-refractivity contribution in [2.75, 3.05) is 12.4 Å². The number of ether oxygens (including phenoxy) is 1. The number of imidazole rings is 1. The van der Waals surface area contributed by atoms with Gasteiger partial charge in [0.1, 0.15) is 0 Å². The molecule has 1 saturated heterocycles. The van der Waals surface area contributed by atoms with E-state index >= 15 is 0 Å². The van der Waals surface area contributed by atoms with E-state index in [0.717, 1.165) is 6.66 Å². The predicted octanol–water partition coefficient (Wildman–Crippen LogP) is 4.26. The number of rotatable bonds is 4. The summed E-state index contributed by atoms with van der Waals surface area (Å²) in [5, 5.41) is 0. The Hall–Kier alpha value is -1.81. The molecule has 0 radical (unpaired) electrons. The second-order valence-electron chi connectivity index (χ2n) is 6.89. The fourth-order valence-corrected chi connectivity index (χ4v) is 3.79. The Balaban J connectivity index is 0.00000124. The third-order valence-corrected chi connectivity index (χ3v) is 4.86. The molecular weight excluding hydrogens is 440 g/mol. The number of nitrogen functional groups attached to an aromatic ring is 1. The van der Waals surface area contributed by atoms with E-state index in [1.165, 1.54) is 24.2 Å². The van der Waals surface area contributed by atoms with Gasteiger partial charge in [-0.2, -0.15) is 4.98 Å². The summed E-state index contributed by atoms with van der Waals surface area (Å²) in [5.41, 5.74) is 5.11. The Labute approximate surface area is 189 Å². The third kappa shape index (κ3) is 7.65. The number of nitrogens with one attached hydrogen (secondary N) is 1. The lowest BCUT2D eigenvalue weighted by molar-refractivity contribution is -0.0598. The average molecular weight is 480 g/mol. The van der Waals surface area contributed by atoms with Crippen molar-refractivity contribution in [3.05, 3.63) is 16.7 Å². The quantitative estimate of drug-likeness (QED) is 0.552. The number of aromatic nitrogens is 4. The summed E-state index contributed by atoms with van der Waals surface area (Å²) >= 11 is 0. The predicted molar refractivity (Wildman–Crippen MR) is 125 cm³/mol. The minimum absolute atomic E-state index is 0.0128. The van der Waals surface area contributed by atoms with Crippen LogP contribution in [0.1, 0.15) is 68.0 Å². The molecule has 32 heavy (non-hydrogen) atoms. The number of anilines is 1. The third-order valence-electron chi connectivity index (χ3n) is 4.14. The summed E-state index contributed by atoms with van der Waals surface area (Å²) in [7, 11) is -3.75. The smallest absolute Gasteiger partial charge is 0.325 e. The molecule has 2 aromatic rings. The molecule has 1 aliphatic heterocycles. The Morgan fingerprint density at radius 2 is 1.91 bits per heavy atom. The molecule has 0 bridgehead atoms. The van der Waals surface area contributed by atoms with Crippen molar-refractivity contribution >= 4 is 24.7 Å². The van der Waals surface area contributed by atoms with Crippen LogP contribution in [0.4, 0.5) is 10.3 Å². The lowest BCUT2D eigenvalue weighted by Gasteiger charge is -2.23. The van der Waals surface area contributed by atoms with Crippen LogP contribution in [0.15, 0.2) is 11.1 Å². The van der Waals surface area contributed by atoms with E-state index in [2.05, 4.69) is 28.8 Å². The number of hydrogen-bond acceptors (Lipinski definition) is 7. The van der Waals surface area contributed by atoms with Crippen molar-refractivity contribution < 1.29 is 23.1 Å². The van der Waals surface area contributed by atoms with Gasteiger partial charge in [0.2, 0.25) is 5.95 Å². The number of aromatic amines is 1. The van der Waals surface area contributed by atoms with E-state index < -0.39 is 43.7 Å². The van der Waals surface area contributed by atoms with E-state index in [1.54, 1.807) is 6.92 Å². The highest BCUT2D eigenvalue weighted by molar-refractivity contribution is 7.51.